The van der Waals surface area contributed by atoms with Crippen molar-refractivity contribution in [2.75, 3.05) is 13.2 Å². The highest BCUT2D eigenvalue weighted by Gasteiger charge is 2.05. The Morgan fingerprint density at radius 3 is 2.75 bits per heavy atom. The van der Waals surface area contributed by atoms with E-state index >= 15 is 0 Å². The van der Waals surface area contributed by atoms with Crippen LogP contribution in [0.5, 0.6) is 11.5 Å². The van der Waals surface area contributed by atoms with Gasteiger partial charge in [-0.3, -0.25) is 0 Å². The van der Waals surface area contributed by atoms with E-state index < -0.39 is 0 Å². The molecule has 0 heterocycles. The maximum atomic E-state index is 5.78. The summed E-state index contributed by atoms with van der Waals surface area (Å²) in [5.41, 5.74) is 6.14. The summed E-state index contributed by atoms with van der Waals surface area (Å²) in [6, 6.07) is 13.6. The summed E-state index contributed by atoms with van der Waals surface area (Å²) in [7, 11) is 0. The van der Waals surface area contributed by atoms with E-state index in [0.717, 1.165) is 33.2 Å². The standard InChI is InChI=1S/C17H20N2O3S2/c1-13-9-14(20-7-4-8-21-19-12-18)11-15(10-13)22-24-17-6-3-2-5-16(17)23/h2-3,5-6,9-12,23H,4,7-8H2,1H3,(H2,18,19). The summed E-state index contributed by atoms with van der Waals surface area (Å²) in [5, 5.41) is 3.47. The fraction of sp³-hybridized carbons (Fsp3) is 0.235. The van der Waals surface area contributed by atoms with E-state index in [1.165, 1.54) is 12.0 Å². The number of nitrogens with zero attached hydrogens (tertiary/aromatic N) is 1. The molecule has 0 aromatic heterocycles. The minimum absolute atomic E-state index is 0.456. The van der Waals surface area contributed by atoms with Crippen LogP contribution >= 0.6 is 24.7 Å². The van der Waals surface area contributed by atoms with E-state index in [9.17, 15) is 0 Å². The molecule has 2 aromatic carbocycles. The van der Waals surface area contributed by atoms with E-state index in [1.807, 2.05) is 49.4 Å². The Morgan fingerprint density at radius 2 is 1.96 bits per heavy atom. The number of hydrogen-bond acceptors (Lipinski definition) is 6. The molecule has 0 saturated heterocycles. The number of benzene rings is 2. The number of aryl methyl sites for hydroxylation is 1. The summed E-state index contributed by atoms with van der Waals surface area (Å²) in [6.45, 7) is 2.98. The Kier molecular flexibility index (Phi) is 7.64. The van der Waals surface area contributed by atoms with Crippen LogP contribution in [-0.2, 0) is 4.84 Å². The molecule has 0 aliphatic carbocycles. The largest absolute Gasteiger partial charge is 0.493 e. The molecule has 0 saturated carbocycles. The lowest BCUT2D eigenvalue weighted by Crippen LogP contribution is -2.02. The number of oxime groups is 1. The van der Waals surface area contributed by atoms with Crippen LogP contribution in [0.3, 0.4) is 0 Å². The van der Waals surface area contributed by atoms with Gasteiger partial charge in [0.25, 0.3) is 0 Å². The number of nitrogens with two attached hydrogens (primary N) is 1. The lowest BCUT2D eigenvalue weighted by molar-refractivity contribution is 0.128. The van der Waals surface area contributed by atoms with E-state index in [1.54, 1.807) is 0 Å². The molecule has 7 heteroatoms. The smallest absolute Gasteiger partial charge is 0.141 e. The normalized spacial score (nSPS) is 10.8. The van der Waals surface area contributed by atoms with Gasteiger partial charge in [-0.25, -0.2) is 0 Å². The average Bonchev–Trinajstić information content (AvgIpc) is 2.57. The van der Waals surface area contributed by atoms with Crippen LogP contribution in [0.1, 0.15) is 12.0 Å². The highest BCUT2D eigenvalue weighted by atomic mass is 32.2. The third-order valence-electron chi connectivity index (χ3n) is 2.90. The third kappa shape index (κ3) is 6.25. The van der Waals surface area contributed by atoms with Crippen LogP contribution in [0.2, 0.25) is 0 Å². The molecule has 2 rings (SSSR count). The summed E-state index contributed by atoms with van der Waals surface area (Å²) in [5.74, 6) is 1.49. The van der Waals surface area contributed by atoms with Crippen molar-refractivity contribution in [2.24, 2.45) is 10.9 Å². The van der Waals surface area contributed by atoms with Crippen molar-refractivity contribution in [1.82, 2.24) is 0 Å². The fourth-order valence-electron chi connectivity index (χ4n) is 1.88. The highest BCUT2D eigenvalue weighted by molar-refractivity contribution is 7.95. The van der Waals surface area contributed by atoms with Crippen LogP contribution in [0.15, 0.2) is 57.4 Å². The number of hydrogen-bond donors (Lipinski definition) is 2. The van der Waals surface area contributed by atoms with Crippen molar-refractivity contribution in [3.8, 4) is 11.5 Å². The molecular formula is C17H20N2O3S2. The van der Waals surface area contributed by atoms with Gasteiger partial charge >= 0.3 is 0 Å². The Balaban J connectivity index is 1.87. The van der Waals surface area contributed by atoms with Gasteiger partial charge in [0.05, 0.1) is 23.5 Å². The van der Waals surface area contributed by atoms with E-state index in [2.05, 4.69) is 17.8 Å². The predicted molar refractivity (Wildman–Crippen MR) is 100 cm³/mol. The molecule has 0 radical (unpaired) electrons. The molecule has 0 bridgehead atoms. The van der Waals surface area contributed by atoms with Crippen LogP contribution in [0.4, 0.5) is 0 Å². The molecule has 128 valence electrons. The maximum Gasteiger partial charge on any atom is 0.141 e. The monoisotopic (exact) mass is 364 g/mol. The Morgan fingerprint density at radius 1 is 1.17 bits per heavy atom. The molecule has 0 amide bonds. The van der Waals surface area contributed by atoms with Gasteiger partial charge in [0.1, 0.15) is 24.4 Å². The first-order valence-electron chi connectivity index (χ1n) is 7.41. The fourth-order valence-corrected chi connectivity index (χ4v) is 2.72. The Hall–Kier alpha value is -1.99. The van der Waals surface area contributed by atoms with Gasteiger partial charge in [-0.15, -0.1) is 12.6 Å². The zero-order valence-corrected chi connectivity index (χ0v) is 15.1. The van der Waals surface area contributed by atoms with Gasteiger partial charge in [-0.05, 0) is 36.8 Å². The molecule has 0 aliphatic heterocycles. The van der Waals surface area contributed by atoms with Crippen molar-refractivity contribution in [1.29, 1.82) is 0 Å². The maximum absolute atomic E-state index is 5.78. The molecule has 0 atom stereocenters. The van der Waals surface area contributed by atoms with Crippen LogP contribution in [0, 0.1) is 6.92 Å². The topological polar surface area (TPSA) is 66.1 Å². The second-order valence-electron chi connectivity index (χ2n) is 4.91. The van der Waals surface area contributed by atoms with Gasteiger partial charge in [0.2, 0.25) is 0 Å². The van der Waals surface area contributed by atoms with Crippen molar-refractivity contribution in [3.63, 3.8) is 0 Å². The second-order valence-corrected chi connectivity index (χ2v) is 6.16. The van der Waals surface area contributed by atoms with Crippen molar-refractivity contribution in [3.05, 3.63) is 48.0 Å². The molecule has 2 aromatic rings. The third-order valence-corrected chi connectivity index (χ3v) is 4.25. The van der Waals surface area contributed by atoms with Crippen molar-refractivity contribution in [2.45, 2.75) is 23.1 Å². The summed E-state index contributed by atoms with van der Waals surface area (Å²) >= 11 is 5.69. The van der Waals surface area contributed by atoms with Crippen LogP contribution < -0.4 is 14.7 Å². The minimum atomic E-state index is 0.456. The van der Waals surface area contributed by atoms with Crippen LogP contribution in [-0.4, -0.2) is 19.6 Å². The van der Waals surface area contributed by atoms with Gasteiger partial charge in [-0.2, -0.15) is 0 Å². The lowest BCUT2D eigenvalue weighted by Gasteiger charge is -2.10. The summed E-state index contributed by atoms with van der Waals surface area (Å²) in [6.07, 6.45) is 1.83. The van der Waals surface area contributed by atoms with E-state index in [4.69, 9.17) is 19.5 Å². The first-order valence-corrected chi connectivity index (χ1v) is 8.60. The molecule has 24 heavy (non-hydrogen) atoms. The van der Waals surface area contributed by atoms with Crippen molar-refractivity contribution >= 4 is 31.0 Å². The molecule has 0 spiro atoms. The van der Waals surface area contributed by atoms with Gasteiger partial charge in [0.15, 0.2) is 0 Å². The summed E-state index contributed by atoms with van der Waals surface area (Å²) in [4.78, 5) is 6.74. The predicted octanol–water partition coefficient (Wildman–Crippen LogP) is 4.06. The first-order chi connectivity index (χ1) is 11.7. The zero-order valence-electron chi connectivity index (χ0n) is 13.3. The number of thiol groups is 1. The SMILES string of the molecule is Cc1cc(OCCCON=CN)cc(OSc2ccccc2S)c1. The minimum Gasteiger partial charge on any atom is -0.493 e. The highest BCUT2D eigenvalue weighted by Crippen LogP contribution is 2.31. The molecule has 5 nitrogen and oxygen atoms in total. The van der Waals surface area contributed by atoms with Crippen molar-refractivity contribution < 1.29 is 13.8 Å². The van der Waals surface area contributed by atoms with Gasteiger partial charge in [-0.1, -0.05) is 17.3 Å². The molecule has 2 N–H and O–H groups in total. The Labute approximate surface area is 151 Å². The molecule has 0 aliphatic rings. The molecular weight excluding hydrogens is 344 g/mol. The number of ether oxygens (including phenoxy) is 1. The summed E-state index contributed by atoms with van der Waals surface area (Å²) < 4.78 is 11.5. The Bertz CT molecular complexity index is 681. The zero-order chi connectivity index (χ0) is 17.2. The quantitative estimate of drug-likeness (QED) is 0.175. The molecule has 0 fully saturated rings. The van der Waals surface area contributed by atoms with E-state index in [-0.39, 0.29) is 0 Å². The van der Waals surface area contributed by atoms with Gasteiger partial charge in [0, 0.05) is 17.4 Å². The average molecular weight is 364 g/mol. The lowest BCUT2D eigenvalue weighted by atomic mass is 10.2. The molecule has 0 unspecified atom stereocenters. The van der Waals surface area contributed by atoms with E-state index in [0.29, 0.717) is 19.6 Å². The van der Waals surface area contributed by atoms with Gasteiger partial charge < -0.3 is 19.5 Å². The number of rotatable bonds is 9. The second kappa shape index (κ2) is 10.00. The van der Waals surface area contributed by atoms with Crippen LogP contribution in [0.25, 0.3) is 0 Å². The first kappa shape index (κ1) is 18.4.